The first-order chi connectivity index (χ1) is 9.44. The zero-order valence-electron chi connectivity index (χ0n) is 12.4. The molecule has 0 spiro atoms. The van der Waals surface area contributed by atoms with Gasteiger partial charge in [-0.15, -0.1) is 0 Å². The Bertz CT molecular complexity index is 487. The molecule has 0 aliphatic carbocycles. The van der Waals surface area contributed by atoms with Gasteiger partial charge in [-0.05, 0) is 38.0 Å². The molecule has 1 saturated heterocycles. The van der Waals surface area contributed by atoms with Gasteiger partial charge in [-0.3, -0.25) is 4.79 Å². The lowest BCUT2D eigenvalue weighted by Gasteiger charge is -2.45. The fourth-order valence-corrected chi connectivity index (χ4v) is 2.74. The van der Waals surface area contributed by atoms with Crippen molar-refractivity contribution < 1.29 is 9.53 Å². The van der Waals surface area contributed by atoms with Gasteiger partial charge < -0.3 is 9.64 Å². The summed E-state index contributed by atoms with van der Waals surface area (Å²) in [5, 5.41) is 0.697. The molecule has 1 fully saturated rings. The van der Waals surface area contributed by atoms with Crippen LogP contribution in [0.15, 0.2) is 24.3 Å². The largest absolute Gasteiger partial charge is 0.369 e. The fourth-order valence-electron chi connectivity index (χ4n) is 2.54. The topological polar surface area (TPSA) is 29.5 Å². The van der Waals surface area contributed by atoms with Crippen molar-refractivity contribution in [2.24, 2.45) is 0 Å². The van der Waals surface area contributed by atoms with Crippen LogP contribution in [-0.2, 0) is 9.53 Å². The molecule has 1 aliphatic heterocycles. The van der Waals surface area contributed by atoms with Crippen LogP contribution in [-0.4, -0.2) is 29.5 Å². The molecule has 1 unspecified atom stereocenters. The van der Waals surface area contributed by atoms with Crippen molar-refractivity contribution in [1.82, 2.24) is 4.90 Å². The van der Waals surface area contributed by atoms with Gasteiger partial charge in [0.2, 0.25) is 5.91 Å². The Balaban J connectivity index is 2.18. The van der Waals surface area contributed by atoms with Crippen molar-refractivity contribution in [3.05, 3.63) is 34.9 Å². The van der Waals surface area contributed by atoms with E-state index >= 15 is 0 Å². The molecule has 2 rings (SSSR count). The third kappa shape index (κ3) is 3.33. The Morgan fingerprint density at radius 2 is 2.25 bits per heavy atom. The van der Waals surface area contributed by atoms with Crippen LogP contribution in [0.2, 0.25) is 5.02 Å². The maximum Gasteiger partial charge on any atom is 0.223 e. The Hall–Kier alpha value is -1.06. The van der Waals surface area contributed by atoms with E-state index in [-0.39, 0.29) is 17.6 Å². The lowest BCUT2D eigenvalue weighted by atomic mass is 9.97. The highest BCUT2D eigenvalue weighted by atomic mass is 35.5. The quantitative estimate of drug-likeness (QED) is 0.848. The molecule has 0 bridgehead atoms. The van der Waals surface area contributed by atoms with Crippen LogP contribution in [0.3, 0.4) is 0 Å². The highest BCUT2D eigenvalue weighted by Crippen LogP contribution is 2.31. The van der Waals surface area contributed by atoms with Gasteiger partial charge in [0.25, 0.3) is 0 Å². The molecular weight excluding hydrogens is 274 g/mol. The van der Waals surface area contributed by atoms with Gasteiger partial charge in [-0.1, -0.05) is 30.7 Å². The van der Waals surface area contributed by atoms with Crippen LogP contribution in [0.25, 0.3) is 0 Å². The molecule has 1 aliphatic rings. The van der Waals surface area contributed by atoms with Gasteiger partial charge in [0.05, 0.1) is 18.7 Å². The summed E-state index contributed by atoms with van der Waals surface area (Å²) in [5.41, 5.74) is 0.781. The molecule has 3 nitrogen and oxygen atoms in total. The van der Waals surface area contributed by atoms with E-state index in [1.165, 1.54) is 0 Å². The average Bonchev–Trinajstić information content (AvgIpc) is 2.38. The van der Waals surface area contributed by atoms with Crippen molar-refractivity contribution in [2.45, 2.75) is 45.3 Å². The lowest BCUT2D eigenvalue weighted by molar-refractivity contribution is -0.154. The van der Waals surface area contributed by atoms with E-state index in [0.29, 0.717) is 24.6 Å². The number of hydrogen-bond donors (Lipinski definition) is 0. The Labute approximate surface area is 125 Å². The van der Waals surface area contributed by atoms with E-state index < -0.39 is 0 Å². The van der Waals surface area contributed by atoms with Crippen molar-refractivity contribution in [3.8, 4) is 0 Å². The molecule has 1 aromatic rings. The standard InChI is InChI=1S/C16H22ClNO2/c1-4-6-15(19)18-10-14(20-11-16(18,2)3)12-7-5-8-13(17)9-12/h5,7-9,14H,4,6,10-11H2,1-3H3. The molecule has 0 aromatic heterocycles. The van der Waals surface area contributed by atoms with Gasteiger partial charge >= 0.3 is 0 Å². The highest BCUT2D eigenvalue weighted by molar-refractivity contribution is 6.30. The summed E-state index contributed by atoms with van der Waals surface area (Å²) >= 11 is 6.03. The van der Waals surface area contributed by atoms with Gasteiger partial charge in [-0.2, -0.15) is 0 Å². The van der Waals surface area contributed by atoms with Crippen molar-refractivity contribution >= 4 is 17.5 Å². The minimum Gasteiger partial charge on any atom is -0.369 e. The number of amides is 1. The van der Waals surface area contributed by atoms with Crippen molar-refractivity contribution in [2.75, 3.05) is 13.2 Å². The van der Waals surface area contributed by atoms with E-state index in [1.807, 2.05) is 36.1 Å². The Morgan fingerprint density at radius 1 is 1.50 bits per heavy atom. The second-order valence-corrected chi connectivity index (χ2v) is 6.36. The molecule has 1 aromatic carbocycles. The smallest absolute Gasteiger partial charge is 0.223 e. The molecule has 20 heavy (non-hydrogen) atoms. The highest BCUT2D eigenvalue weighted by Gasteiger charge is 2.38. The van der Waals surface area contributed by atoms with Crippen LogP contribution in [0, 0.1) is 0 Å². The molecular formula is C16H22ClNO2. The summed E-state index contributed by atoms with van der Waals surface area (Å²) in [7, 11) is 0. The summed E-state index contributed by atoms with van der Waals surface area (Å²) in [6.07, 6.45) is 1.36. The summed E-state index contributed by atoms with van der Waals surface area (Å²) in [4.78, 5) is 14.3. The molecule has 0 saturated carbocycles. The normalized spacial score (nSPS) is 21.8. The van der Waals surface area contributed by atoms with E-state index in [0.717, 1.165) is 12.0 Å². The molecule has 110 valence electrons. The number of hydrogen-bond acceptors (Lipinski definition) is 2. The van der Waals surface area contributed by atoms with E-state index in [9.17, 15) is 4.79 Å². The number of carbonyl (C=O) groups is 1. The van der Waals surface area contributed by atoms with Crippen LogP contribution < -0.4 is 0 Å². The first-order valence-electron chi connectivity index (χ1n) is 7.11. The predicted molar refractivity (Wildman–Crippen MR) is 80.8 cm³/mol. The first-order valence-corrected chi connectivity index (χ1v) is 7.49. The maximum absolute atomic E-state index is 12.3. The molecule has 4 heteroatoms. The van der Waals surface area contributed by atoms with Gasteiger partial charge in [0, 0.05) is 11.4 Å². The zero-order chi connectivity index (χ0) is 14.8. The van der Waals surface area contributed by atoms with E-state index in [1.54, 1.807) is 0 Å². The Morgan fingerprint density at radius 3 is 2.90 bits per heavy atom. The second kappa shape index (κ2) is 6.15. The molecule has 1 atom stereocenters. The average molecular weight is 296 g/mol. The second-order valence-electron chi connectivity index (χ2n) is 5.92. The van der Waals surface area contributed by atoms with Gasteiger partial charge in [-0.25, -0.2) is 0 Å². The van der Waals surface area contributed by atoms with Crippen LogP contribution >= 0.6 is 11.6 Å². The fraction of sp³-hybridized carbons (Fsp3) is 0.562. The minimum atomic E-state index is -0.249. The summed E-state index contributed by atoms with van der Waals surface area (Å²) < 4.78 is 5.94. The maximum atomic E-state index is 12.3. The van der Waals surface area contributed by atoms with E-state index in [4.69, 9.17) is 16.3 Å². The number of benzene rings is 1. The predicted octanol–water partition coefficient (Wildman–Crippen LogP) is 3.82. The third-order valence-corrected chi connectivity index (χ3v) is 3.94. The van der Waals surface area contributed by atoms with E-state index in [2.05, 4.69) is 13.8 Å². The Kier molecular flexibility index (Phi) is 4.71. The number of rotatable bonds is 3. The molecule has 1 heterocycles. The van der Waals surface area contributed by atoms with Gasteiger partial charge in [0.15, 0.2) is 0 Å². The monoisotopic (exact) mass is 295 g/mol. The third-order valence-electron chi connectivity index (χ3n) is 3.70. The van der Waals surface area contributed by atoms with Crippen molar-refractivity contribution in [1.29, 1.82) is 0 Å². The number of carbonyl (C=O) groups excluding carboxylic acids is 1. The first kappa shape index (κ1) is 15.3. The number of morpholine rings is 1. The lowest BCUT2D eigenvalue weighted by Crippen LogP contribution is -2.56. The minimum absolute atomic E-state index is 0.0949. The van der Waals surface area contributed by atoms with Crippen LogP contribution in [0.1, 0.15) is 45.3 Å². The summed E-state index contributed by atoms with van der Waals surface area (Å²) in [5.74, 6) is 0.202. The number of nitrogens with zero attached hydrogens (tertiary/aromatic N) is 1. The van der Waals surface area contributed by atoms with Crippen LogP contribution in [0.5, 0.6) is 0 Å². The zero-order valence-corrected chi connectivity index (χ0v) is 13.1. The van der Waals surface area contributed by atoms with Gasteiger partial charge in [0.1, 0.15) is 6.10 Å². The summed E-state index contributed by atoms with van der Waals surface area (Å²) in [6, 6.07) is 7.67. The summed E-state index contributed by atoms with van der Waals surface area (Å²) in [6.45, 7) is 7.26. The van der Waals surface area contributed by atoms with Crippen molar-refractivity contribution in [3.63, 3.8) is 0 Å². The molecule has 0 radical (unpaired) electrons. The van der Waals surface area contributed by atoms with Crippen LogP contribution in [0.4, 0.5) is 0 Å². The SMILES string of the molecule is CCCC(=O)N1CC(c2cccc(Cl)c2)OCC1(C)C. The number of halogens is 1. The molecule has 0 N–H and O–H groups in total. The molecule has 1 amide bonds. The number of ether oxygens (including phenoxy) is 1.